The predicted octanol–water partition coefficient (Wildman–Crippen LogP) is 5.32. The highest BCUT2D eigenvalue weighted by molar-refractivity contribution is 5.95. The van der Waals surface area contributed by atoms with Gasteiger partial charge in [-0.05, 0) is 42.7 Å². The van der Waals surface area contributed by atoms with E-state index < -0.39 is 29.5 Å². The highest BCUT2D eigenvalue weighted by Gasteiger charge is 2.49. The van der Waals surface area contributed by atoms with Gasteiger partial charge in [0.2, 0.25) is 0 Å². The molecule has 1 saturated heterocycles. The van der Waals surface area contributed by atoms with Crippen molar-refractivity contribution >= 4 is 28.8 Å². The van der Waals surface area contributed by atoms with Gasteiger partial charge in [0.05, 0.1) is 23.1 Å². The largest absolute Gasteiger partial charge is 0.465 e. The van der Waals surface area contributed by atoms with Crippen molar-refractivity contribution in [1.29, 1.82) is 0 Å². The molecule has 9 nitrogen and oxygen atoms in total. The fourth-order valence-electron chi connectivity index (χ4n) is 5.99. The Morgan fingerprint density at radius 1 is 1.18 bits per heavy atom. The molecule has 9 heteroatoms. The minimum Gasteiger partial charge on any atom is -0.465 e. The average Bonchev–Trinajstić information content (AvgIpc) is 3.26. The maximum atomic E-state index is 14.5. The molecule has 216 valence electrons. The molecule has 1 unspecified atom stereocenters. The number of benzene rings is 1. The Morgan fingerprint density at radius 3 is 2.46 bits per heavy atom. The summed E-state index contributed by atoms with van der Waals surface area (Å²) in [6.07, 6.45) is 1.39. The number of carbonyl (C=O) groups is 3. The number of para-hydroxylation sites is 2. The second kappa shape index (κ2) is 12.9. The fourth-order valence-corrected chi connectivity index (χ4v) is 5.99. The number of amides is 2. The Hall–Kier alpha value is -2.94. The molecule has 0 saturated carbocycles. The first-order chi connectivity index (χ1) is 18.4. The maximum Gasteiger partial charge on any atom is 0.407 e. The number of imidazole rings is 1. The Bertz CT molecular complexity index is 1150. The van der Waals surface area contributed by atoms with E-state index in [0.29, 0.717) is 38.4 Å². The Morgan fingerprint density at radius 2 is 1.87 bits per heavy atom. The van der Waals surface area contributed by atoms with Crippen molar-refractivity contribution in [2.45, 2.75) is 85.9 Å². The highest BCUT2D eigenvalue weighted by atomic mass is 16.5. The number of aromatic nitrogens is 2. The molecule has 1 aliphatic heterocycles. The maximum absolute atomic E-state index is 14.5. The van der Waals surface area contributed by atoms with Crippen LogP contribution in [0.15, 0.2) is 24.3 Å². The van der Waals surface area contributed by atoms with E-state index in [1.807, 2.05) is 68.4 Å². The lowest BCUT2D eigenvalue weighted by molar-refractivity contribution is -0.127. The number of nitrogens with zero attached hydrogens (tertiary/aromatic N) is 4. The van der Waals surface area contributed by atoms with Gasteiger partial charge in [0, 0.05) is 45.7 Å². The van der Waals surface area contributed by atoms with Crippen LogP contribution in [0.2, 0.25) is 0 Å². The Balaban J connectivity index is 2.13. The second-order valence-corrected chi connectivity index (χ2v) is 12.2. The van der Waals surface area contributed by atoms with Gasteiger partial charge in [-0.25, -0.2) is 9.78 Å². The number of hydrogen-bond acceptors (Lipinski definition) is 5. The van der Waals surface area contributed by atoms with Crippen molar-refractivity contribution < 1.29 is 24.2 Å². The number of rotatable bonds is 11. The SMILES string of the molecule is CCC(=O)[C@@H]1C[C@H](N(CC(C)C)C(=O)c2nc3ccccc3n2CCCCOC)C(C(C)(C)C)N(C(=O)O)C1. The molecule has 1 N–H and O–H groups in total. The van der Waals surface area contributed by atoms with Crippen LogP contribution in [0.3, 0.4) is 0 Å². The molecule has 2 amide bonds. The molecule has 0 bridgehead atoms. The summed E-state index contributed by atoms with van der Waals surface area (Å²) in [6.45, 7) is 13.8. The van der Waals surface area contributed by atoms with Gasteiger partial charge in [0.15, 0.2) is 5.82 Å². The molecular formula is C30H46N4O5. The van der Waals surface area contributed by atoms with Crippen LogP contribution in [0, 0.1) is 17.3 Å². The normalized spacial score (nSPS) is 20.0. The van der Waals surface area contributed by atoms with E-state index in [0.717, 1.165) is 23.9 Å². The van der Waals surface area contributed by atoms with Gasteiger partial charge >= 0.3 is 6.09 Å². The van der Waals surface area contributed by atoms with E-state index >= 15 is 0 Å². The molecule has 0 spiro atoms. The second-order valence-electron chi connectivity index (χ2n) is 12.2. The van der Waals surface area contributed by atoms with Crippen molar-refractivity contribution in [3.8, 4) is 0 Å². The molecule has 2 heterocycles. The lowest BCUT2D eigenvalue weighted by Gasteiger charge is -2.52. The van der Waals surface area contributed by atoms with E-state index in [2.05, 4.69) is 0 Å². The third-order valence-electron chi connectivity index (χ3n) is 7.63. The lowest BCUT2D eigenvalue weighted by atomic mass is 9.73. The van der Waals surface area contributed by atoms with Crippen LogP contribution < -0.4 is 0 Å². The van der Waals surface area contributed by atoms with Gasteiger partial charge in [-0.3, -0.25) is 9.59 Å². The molecule has 2 aromatic rings. The minimum absolute atomic E-state index is 0.0286. The zero-order valence-electron chi connectivity index (χ0n) is 24.6. The first-order valence-corrected chi connectivity index (χ1v) is 14.2. The summed E-state index contributed by atoms with van der Waals surface area (Å²) in [4.78, 5) is 48.0. The molecule has 1 aromatic carbocycles. The number of ketones is 1. The number of carbonyl (C=O) groups excluding carboxylic acids is 2. The van der Waals surface area contributed by atoms with Crippen molar-refractivity contribution in [2.75, 3.05) is 26.8 Å². The average molecular weight is 543 g/mol. The van der Waals surface area contributed by atoms with Gasteiger partial charge in [-0.1, -0.05) is 53.7 Å². The van der Waals surface area contributed by atoms with Gasteiger partial charge in [0.25, 0.3) is 5.91 Å². The van der Waals surface area contributed by atoms with Gasteiger partial charge in [-0.15, -0.1) is 0 Å². The Kier molecular flexibility index (Phi) is 10.2. The third-order valence-corrected chi connectivity index (χ3v) is 7.63. The van der Waals surface area contributed by atoms with Crippen LogP contribution >= 0.6 is 0 Å². The van der Waals surface area contributed by atoms with E-state index in [1.165, 1.54) is 4.90 Å². The van der Waals surface area contributed by atoms with Crippen molar-refractivity contribution in [3.05, 3.63) is 30.1 Å². The molecule has 1 fully saturated rings. The van der Waals surface area contributed by atoms with Crippen LogP contribution in [0.5, 0.6) is 0 Å². The summed E-state index contributed by atoms with van der Waals surface area (Å²) in [5.41, 5.74) is 1.18. The summed E-state index contributed by atoms with van der Waals surface area (Å²) >= 11 is 0. The number of carboxylic acid groups (broad SMARTS) is 1. The fraction of sp³-hybridized carbons (Fsp3) is 0.667. The smallest absolute Gasteiger partial charge is 0.407 e. The number of Topliss-reactive ketones (excluding diaryl/α,β-unsaturated/α-hetero) is 1. The standard InChI is InChI=1S/C30H46N4O5/c1-8-25(35)21-17-24(26(30(4,5)6)34(19-21)29(37)38)33(18-20(2)3)28(36)27-31-22-13-9-10-14-23(22)32(27)15-11-12-16-39-7/h9-10,13-14,20-21,24,26H,8,11-12,15-19H2,1-7H3,(H,37,38)/t21-,24+,26?/m1/s1. The number of piperidine rings is 1. The van der Waals surface area contributed by atoms with Gasteiger partial charge in [0.1, 0.15) is 5.78 Å². The predicted molar refractivity (Wildman–Crippen MR) is 152 cm³/mol. The number of ether oxygens (including phenoxy) is 1. The van der Waals surface area contributed by atoms with Gasteiger partial charge in [-0.2, -0.15) is 0 Å². The number of unbranched alkanes of at least 4 members (excludes halogenated alkanes) is 1. The molecule has 0 radical (unpaired) electrons. The highest BCUT2D eigenvalue weighted by Crippen LogP contribution is 2.38. The summed E-state index contributed by atoms with van der Waals surface area (Å²) in [5, 5.41) is 10.2. The number of likely N-dealkylation sites (tertiary alicyclic amines) is 1. The third kappa shape index (κ3) is 6.99. The summed E-state index contributed by atoms with van der Waals surface area (Å²) in [6, 6.07) is 6.80. The van der Waals surface area contributed by atoms with Crippen LogP contribution in [-0.2, 0) is 16.1 Å². The molecule has 39 heavy (non-hydrogen) atoms. The quantitative estimate of drug-likeness (QED) is 0.385. The van der Waals surface area contributed by atoms with Crippen LogP contribution in [-0.4, -0.2) is 81.1 Å². The molecule has 3 rings (SSSR count). The van der Waals surface area contributed by atoms with Crippen molar-refractivity contribution in [2.24, 2.45) is 17.3 Å². The summed E-state index contributed by atoms with van der Waals surface area (Å²) in [5.74, 6) is -0.158. The van der Waals surface area contributed by atoms with E-state index in [1.54, 1.807) is 14.0 Å². The van der Waals surface area contributed by atoms with Crippen LogP contribution in [0.25, 0.3) is 11.0 Å². The molecule has 1 aliphatic rings. The summed E-state index contributed by atoms with van der Waals surface area (Å²) < 4.78 is 7.20. The molecule has 1 aromatic heterocycles. The van der Waals surface area contributed by atoms with E-state index in [4.69, 9.17) is 9.72 Å². The van der Waals surface area contributed by atoms with Crippen molar-refractivity contribution in [1.82, 2.24) is 19.4 Å². The van der Waals surface area contributed by atoms with E-state index in [9.17, 15) is 19.5 Å². The van der Waals surface area contributed by atoms with Crippen LogP contribution in [0.1, 0.15) is 77.8 Å². The zero-order valence-corrected chi connectivity index (χ0v) is 24.6. The topological polar surface area (TPSA) is 105 Å². The molecular weight excluding hydrogens is 496 g/mol. The zero-order chi connectivity index (χ0) is 28.9. The summed E-state index contributed by atoms with van der Waals surface area (Å²) in [7, 11) is 1.68. The monoisotopic (exact) mass is 542 g/mol. The van der Waals surface area contributed by atoms with Crippen molar-refractivity contribution in [3.63, 3.8) is 0 Å². The number of methoxy groups -OCH3 is 1. The van der Waals surface area contributed by atoms with Gasteiger partial charge < -0.3 is 24.2 Å². The van der Waals surface area contributed by atoms with Crippen LogP contribution in [0.4, 0.5) is 4.79 Å². The number of hydrogen-bond donors (Lipinski definition) is 1. The first-order valence-electron chi connectivity index (χ1n) is 14.2. The Labute approximate surface area is 232 Å². The number of aryl methyl sites for hydroxylation is 1. The lowest BCUT2D eigenvalue weighted by Crippen LogP contribution is -2.65. The molecule has 3 atom stereocenters. The number of fused-ring (bicyclic) bond motifs is 1. The first kappa shape index (κ1) is 30.6. The minimum atomic E-state index is -1.06. The van der Waals surface area contributed by atoms with E-state index in [-0.39, 0.29) is 24.2 Å². The molecule has 0 aliphatic carbocycles.